The van der Waals surface area contributed by atoms with Gasteiger partial charge in [0.15, 0.2) is 0 Å². The van der Waals surface area contributed by atoms with Crippen LogP contribution >= 0.6 is 0 Å². The molecule has 25 heavy (non-hydrogen) atoms. The van der Waals surface area contributed by atoms with E-state index in [4.69, 9.17) is 0 Å². The molecule has 2 saturated heterocycles. The number of benzene rings is 1. The molecule has 2 aliphatic heterocycles. The molecular formula is C19H25N3O3. The second kappa shape index (κ2) is 7.25. The van der Waals surface area contributed by atoms with Gasteiger partial charge in [-0.2, -0.15) is 0 Å². The minimum Gasteiger partial charge on any atom is -0.341 e. The highest BCUT2D eigenvalue weighted by molar-refractivity contribution is 6.09. The van der Waals surface area contributed by atoms with Crippen LogP contribution in [-0.4, -0.2) is 47.3 Å². The van der Waals surface area contributed by atoms with Crippen LogP contribution in [0.4, 0.5) is 4.79 Å². The van der Waals surface area contributed by atoms with Crippen molar-refractivity contribution in [3.05, 3.63) is 35.9 Å². The third-order valence-electron chi connectivity index (χ3n) is 5.22. The number of carbonyl (C=O) groups is 3. The highest BCUT2D eigenvalue weighted by Gasteiger charge is 2.51. The van der Waals surface area contributed by atoms with Crippen molar-refractivity contribution in [3.8, 4) is 0 Å². The molecule has 2 heterocycles. The van der Waals surface area contributed by atoms with E-state index < -0.39 is 11.6 Å². The molecule has 1 aromatic rings. The number of imide groups is 1. The van der Waals surface area contributed by atoms with Gasteiger partial charge in [-0.25, -0.2) is 4.79 Å². The molecule has 1 aromatic carbocycles. The molecule has 0 aliphatic carbocycles. The normalized spacial score (nSPS) is 24.2. The molecule has 6 heteroatoms. The minimum atomic E-state index is -1.07. The average molecular weight is 343 g/mol. The number of urea groups is 1. The Morgan fingerprint density at radius 1 is 1.08 bits per heavy atom. The van der Waals surface area contributed by atoms with E-state index in [-0.39, 0.29) is 18.4 Å². The van der Waals surface area contributed by atoms with Gasteiger partial charge in [-0.15, -0.1) is 0 Å². The first kappa shape index (κ1) is 17.5. The van der Waals surface area contributed by atoms with Crippen LogP contribution in [0.5, 0.6) is 0 Å². The summed E-state index contributed by atoms with van der Waals surface area (Å²) in [5.41, 5.74) is -0.321. The summed E-state index contributed by atoms with van der Waals surface area (Å²) < 4.78 is 0. The third kappa shape index (κ3) is 3.25. The fourth-order valence-corrected chi connectivity index (χ4v) is 3.69. The van der Waals surface area contributed by atoms with Crippen molar-refractivity contribution in [2.75, 3.05) is 19.6 Å². The van der Waals surface area contributed by atoms with E-state index in [1.54, 1.807) is 4.90 Å². The number of likely N-dealkylation sites (tertiary alicyclic amines) is 1. The van der Waals surface area contributed by atoms with Crippen molar-refractivity contribution < 1.29 is 14.4 Å². The van der Waals surface area contributed by atoms with Gasteiger partial charge in [-0.1, -0.05) is 50.1 Å². The number of hydrogen-bond acceptors (Lipinski definition) is 3. The van der Waals surface area contributed by atoms with E-state index in [1.165, 1.54) is 0 Å². The van der Waals surface area contributed by atoms with Gasteiger partial charge in [0.25, 0.3) is 5.91 Å². The fourth-order valence-electron chi connectivity index (χ4n) is 3.69. The molecule has 0 aromatic heterocycles. The van der Waals surface area contributed by atoms with Crippen molar-refractivity contribution in [2.24, 2.45) is 0 Å². The van der Waals surface area contributed by atoms with Gasteiger partial charge < -0.3 is 10.2 Å². The van der Waals surface area contributed by atoms with Crippen molar-refractivity contribution in [2.45, 2.75) is 44.6 Å². The largest absolute Gasteiger partial charge is 0.341 e. The maximum absolute atomic E-state index is 13.0. The maximum atomic E-state index is 13.0. The number of nitrogens with zero attached hydrogens (tertiary/aromatic N) is 2. The summed E-state index contributed by atoms with van der Waals surface area (Å²) in [6.45, 7) is 3.10. The zero-order valence-electron chi connectivity index (χ0n) is 14.7. The zero-order valence-corrected chi connectivity index (χ0v) is 14.7. The smallest absolute Gasteiger partial charge is 0.325 e. The predicted molar refractivity (Wildman–Crippen MR) is 93.7 cm³/mol. The second-order valence-electron chi connectivity index (χ2n) is 6.74. The van der Waals surface area contributed by atoms with Crippen molar-refractivity contribution in [3.63, 3.8) is 0 Å². The van der Waals surface area contributed by atoms with E-state index in [0.29, 0.717) is 19.5 Å². The number of hydrogen-bond donors (Lipinski definition) is 1. The highest BCUT2D eigenvalue weighted by atomic mass is 16.2. The molecule has 2 aliphatic rings. The topological polar surface area (TPSA) is 69.7 Å². The van der Waals surface area contributed by atoms with Gasteiger partial charge in [0.1, 0.15) is 12.1 Å². The van der Waals surface area contributed by atoms with Crippen LogP contribution < -0.4 is 5.32 Å². The molecule has 0 spiro atoms. The lowest BCUT2D eigenvalue weighted by Gasteiger charge is -2.26. The van der Waals surface area contributed by atoms with Crippen LogP contribution in [0.15, 0.2) is 30.3 Å². The van der Waals surface area contributed by atoms with Gasteiger partial charge >= 0.3 is 6.03 Å². The van der Waals surface area contributed by atoms with Crippen LogP contribution in [-0.2, 0) is 15.1 Å². The molecule has 4 amide bonds. The SMILES string of the molecule is CC[C@]1(c2ccccc2)NC(=O)N(CC(=O)N2CCCCCC2)C1=O. The van der Waals surface area contributed by atoms with Gasteiger partial charge in [0.2, 0.25) is 5.91 Å². The third-order valence-corrected chi connectivity index (χ3v) is 5.22. The summed E-state index contributed by atoms with van der Waals surface area (Å²) in [5, 5.41) is 2.82. The fraction of sp³-hybridized carbons (Fsp3) is 0.526. The predicted octanol–water partition coefficient (Wildman–Crippen LogP) is 2.25. The first-order valence-corrected chi connectivity index (χ1v) is 9.06. The summed E-state index contributed by atoms with van der Waals surface area (Å²) in [5.74, 6) is -0.486. The van der Waals surface area contributed by atoms with Crippen LogP contribution in [0.3, 0.4) is 0 Å². The molecule has 2 fully saturated rings. The van der Waals surface area contributed by atoms with Gasteiger partial charge in [0.05, 0.1) is 0 Å². The van der Waals surface area contributed by atoms with E-state index in [1.807, 2.05) is 37.3 Å². The minimum absolute atomic E-state index is 0.148. The highest BCUT2D eigenvalue weighted by Crippen LogP contribution is 2.32. The first-order chi connectivity index (χ1) is 12.1. The summed E-state index contributed by atoms with van der Waals surface area (Å²) >= 11 is 0. The number of amides is 4. The van der Waals surface area contributed by atoms with Crippen molar-refractivity contribution >= 4 is 17.8 Å². The Labute approximate surface area is 148 Å². The molecule has 134 valence electrons. The summed E-state index contributed by atoms with van der Waals surface area (Å²) in [4.78, 5) is 40.9. The molecule has 1 atom stereocenters. The number of rotatable bonds is 4. The Balaban J connectivity index is 1.78. The Morgan fingerprint density at radius 3 is 2.32 bits per heavy atom. The van der Waals surface area contributed by atoms with Gasteiger partial charge in [-0.05, 0) is 24.8 Å². The van der Waals surface area contributed by atoms with Crippen LogP contribution in [0.1, 0.15) is 44.6 Å². The van der Waals surface area contributed by atoms with Crippen LogP contribution in [0, 0.1) is 0 Å². The van der Waals surface area contributed by atoms with Crippen LogP contribution in [0.25, 0.3) is 0 Å². The zero-order chi connectivity index (χ0) is 17.9. The number of carbonyl (C=O) groups excluding carboxylic acids is 3. The monoisotopic (exact) mass is 343 g/mol. The molecular weight excluding hydrogens is 318 g/mol. The molecule has 0 bridgehead atoms. The van der Waals surface area contributed by atoms with E-state index in [0.717, 1.165) is 36.1 Å². The Hall–Kier alpha value is -2.37. The molecule has 1 N–H and O–H groups in total. The number of nitrogens with one attached hydrogen (secondary N) is 1. The Bertz CT molecular complexity index is 653. The van der Waals surface area contributed by atoms with Gasteiger partial charge in [0, 0.05) is 13.1 Å². The van der Waals surface area contributed by atoms with Crippen molar-refractivity contribution in [1.29, 1.82) is 0 Å². The molecule has 6 nitrogen and oxygen atoms in total. The molecule has 0 radical (unpaired) electrons. The van der Waals surface area contributed by atoms with E-state index in [9.17, 15) is 14.4 Å². The molecule has 0 saturated carbocycles. The lowest BCUT2D eigenvalue weighted by atomic mass is 9.87. The quantitative estimate of drug-likeness (QED) is 0.853. The Morgan fingerprint density at radius 2 is 1.72 bits per heavy atom. The second-order valence-corrected chi connectivity index (χ2v) is 6.74. The lowest BCUT2D eigenvalue weighted by Crippen LogP contribution is -2.45. The standard InChI is InChI=1S/C19H25N3O3/c1-2-19(15-10-6-5-7-11-15)17(24)22(18(25)20-19)14-16(23)21-12-8-3-4-9-13-21/h5-7,10-11H,2-4,8-9,12-14H2,1H3,(H,20,25)/t19-/m1/s1. The van der Waals surface area contributed by atoms with Gasteiger partial charge in [-0.3, -0.25) is 14.5 Å². The van der Waals surface area contributed by atoms with Crippen LogP contribution in [0.2, 0.25) is 0 Å². The van der Waals surface area contributed by atoms with E-state index in [2.05, 4.69) is 5.32 Å². The lowest BCUT2D eigenvalue weighted by molar-refractivity contribution is -0.139. The van der Waals surface area contributed by atoms with Crippen molar-refractivity contribution in [1.82, 2.24) is 15.1 Å². The first-order valence-electron chi connectivity index (χ1n) is 9.06. The maximum Gasteiger partial charge on any atom is 0.325 e. The summed E-state index contributed by atoms with van der Waals surface area (Å²) in [6, 6.07) is 8.74. The Kier molecular flexibility index (Phi) is 5.06. The average Bonchev–Trinajstić information content (AvgIpc) is 2.83. The van der Waals surface area contributed by atoms with E-state index >= 15 is 0 Å². The summed E-state index contributed by atoms with van der Waals surface area (Å²) in [6.07, 6.45) is 4.65. The molecule has 3 rings (SSSR count). The summed E-state index contributed by atoms with van der Waals surface area (Å²) in [7, 11) is 0. The molecule has 0 unspecified atom stereocenters.